The maximum atomic E-state index is 9.00. The Balaban J connectivity index is -0.000000253. The molecular weight excluding hydrogens is 551 g/mol. The molecule has 1 aromatic rings. The Hall–Kier alpha value is -0.968. The molecule has 0 aliphatic heterocycles. The molecule has 0 fully saturated rings. The Morgan fingerprint density at radius 2 is 1.27 bits per heavy atom. The zero-order valence-electron chi connectivity index (χ0n) is 13.0. The van der Waals surface area contributed by atoms with E-state index < -0.39 is 39.7 Å². The predicted molar refractivity (Wildman–Crippen MR) is 90.1 cm³/mol. The third kappa shape index (κ3) is 31.4. The van der Waals surface area contributed by atoms with Crippen LogP contribution in [-0.4, -0.2) is 55.1 Å². The number of hydrogen-bond donors (Lipinski definition) is 3. The van der Waals surface area contributed by atoms with Crippen molar-refractivity contribution < 1.29 is 29.7 Å². The molecule has 2 radical (unpaired) electrons. The number of rotatable bonds is 2. The third-order valence-electron chi connectivity index (χ3n) is 1.50. The van der Waals surface area contributed by atoms with Gasteiger partial charge in [0.15, 0.2) is 0 Å². The van der Waals surface area contributed by atoms with E-state index in [4.69, 9.17) is 29.7 Å². The number of carboxylic acid groups (broad SMARTS) is 3. The Morgan fingerprint density at radius 3 is 1.50 bits per heavy atom. The Morgan fingerprint density at radius 1 is 0.955 bits per heavy atom. The van der Waals surface area contributed by atoms with Crippen molar-refractivity contribution in [3.05, 3.63) is 29.8 Å². The standard InChI is InChI=1S/C8H9.3C2H4O2.BrH.Pb/c1-2-8-6-4-3-5-7-8;3*1-2(3)4;;/h3-6H,2H2,1H3;3*1H3,(H,3,4);1H;/q;;;;;+1/p-1. The molecule has 0 atom stereocenters. The second-order valence-corrected chi connectivity index (χ2v) is 9.97. The average molecular weight is 572 g/mol. The van der Waals surface area contributed by atoms with E-state index in [0.717, 1.165) is 20.8 Å². The van der Waals surface area contributed by atoms with Crippen molar-refractivity contribution >= 4 is 54.8 Å². The van der Waals surface area contributed by atoms with Crippen LogP contribution in [0.2, 0.25) is 0 Å². The zero-order chi connectivity index (χ0) is 18.1. The summed E-state index contributed by atoms with van der Waals surface area (Å²) < 4.78 is 1.60. The number of carbonyl (C=O) groups is 3. The van der Waals surface area contributed by atoms with E-state index in [2.05, 4.69) is 43.2 Å². The number of aryl methyl sites for hydroxylation is 1. The second kappa shape index (κ2) is 18.1. The van der Waals surface area contributed by atoms with Crippen LogP contribution in [-0.2, 0) is 20.8 Å². The van der Waals surface area contributed by atoms with Gasteiger partial charge < -0.3 is 15.3 Å². The van der Waals surface area contributed by atoms with E-state index >= 15 is 0 Å². The van der Waals surface area contributed by atoms with Crippen LogP contribution in [0.1, 0.15) is 33.3 Å². The Bertz CT molecular complexity index is 387. The van der Waals surface area contributed by atoms with E-state index in [1.165, 1.54) is 12.0 Å². The fourth-order valence-electron chi connectivity index (χ4n) is 0.921. The number of hydrogen-bond acceptors (Lipinski definition) is 3. The van der Waals surface area contributed by atoms with Crippen LogP contribution < -0.4 is 3.12 Å². The molecule has 124 valence electrons. The van der Waals surface area contributed by atoms with Crippen molar-refractivity contribution in [3.8, 4) is 0 Å². The van der Waals surface area contributed by atoms with Gasteiger partial charge in [-0.2, -0.15) is 0 Å². The Kier molecular flexibility index (Phi) is 21.3. The number of benzene rings is 1. The molecule has 0 amide bonds. The third-order valence-corrected chi connectivity index (χ3v) is 7.94. The van der Waals surface area contributed by atoms with Crippen molar-refractivity contribution in [1.29, 1.82) is 0 Å². The first kappa shape index (κ1) is 26.0. The molecule has 0 unspecified atom stereocenters. The monoisotopic (exact) mass is 572 g/mol. The molecule has 0 saturated carbocycles. The van der Waals surface area contributed by atoms with Crippen LogP contribution in [0.4, 0.5) is 0 Å². The quantitative estimate of drug-likeness (QED) is 0.469. The van der Waals surface area contributed by atoms with Crippen molar-refractivity contribution in [2.24, 2.45) is 0 Å². The minimum absolute atomic E-state index is 0.578. The summed E-state index contributed by atoms with van der Waals surface area (Å²) in [6, 6.07) is 8.72. The first-order valence-corrected chi connectivity index (χ1v) is 16.5. The van der Waals surface area contributed by atoms with Gasteiger partial charge in [-0.1, -0.05) is 0 Å². The van der Waals surface area contributed by atoms with Crippen molar-refractivity contribution in [1.82, 2.24) is 0 Å². The average Bonchev–Trinajstić information content (AvgIpc) is 2.36. The molecule has 22 heavy (non-hydrogen) atoms. The van der Waals surface area contributed by atoms with Crippen LogP contribution in [0.25, 0.3) is 0 Å². The molecule has 0 aliphatic carbocycles. The molecule has 1 aromatic carbocycles. The van der Waals surface area contributed by atoms with Gasteiger partial charge in [-0.15, -0.1) is 0 Å². The molecule has 0 aliphatic rings. The number of aliphatic carboxylic acids is 3. The summed E-state index contributed by atoms with van der Waals surface area (Å²) in [5.41, 5.74) is 1.53. The molecular formula is C14H21BrO6Pb. The summed E-state index contributed by atoms with van der Waals surface area (Å²) in [5.74, 6) is -2.50. The summed E-state index contributed by atoms with van der Waals surface area (Å²) >= 11 is 3.07. The molecule has 3 N–H and O–H groups in total. The van der Waals surface area contributed by atoms with Crippen LogP contribution in [0.3, 0.4) is 0 Å². The summed E-state index contributed by atoms with van der Waals surface area (Å²) in [5, 5.41) is 22.2. The van der Waals surface area contributed by atoms with Crippen LogP contribution in [0.15, 0.2) is 24.3 Å². The summed E-state index contributed by atoms with van der Waals surface area (Å²) in [6.45, 7) is 5.46. The van der Waals surface area contributed by atoms with Gasteiger partial charge in [-0.3, -0.25) is 14.4 Å². The van der Waals surface area contributed by atoms with Gasteiger partial charge in [0, 0.05) is 20.8 Å². The van der Waals surface area contributed by atoms with Gasteiger partial charge in [-0.05, 0) is 0 Å². The van der Waals surface area contributed by atoms with E-state index in [1.54, 1.807) is 3.12 Å². The van der Waals surface area contributed by atoms with Crippen molar-refractivity contribution in [3.63, 3.8) is 0 Å². The van der Waals surface area contributed by atoms with Gasteiger partial charge in [0.1, 0.15) is 0 Å². The molecule has 0 heterocycles. The van der Waals surface area contributed by atoms with Crippen LogP contribution in [0, 0.1) is 0 Å². The number of halogens is 1. The predicted octanol–water partition coefficient (Wildman–Crippen LogP) is 2.16. The van der Waals surface area contributed by atoms with E-state index in [-0.39, 0.29) is 0 Å². The fraction of sp³-hybridized carbons (Fsp3) is 0.357. The molecule has 0 aromatic heterocycles. The van der Waals surface area contributed by atoms with Crippen molar-refractivity contribution in [2.75, 3.05) is 0 Å². The summed E-state index contributed by atoms with van der Waals surface area (Å²) in [6.07, 6.45) is 1.18. The molecule has 6 nitrogen and oxygen atoms in total. The van der Waals surface area contributed by atoms with Gasteiger partial charge in [-0.25, -0.2) is 0 Å². The van der Waals surface area contributed by atoms with E-state index in [0.29, 0.717) is 0 Å². The van der Waals surface area contributed by atoms with Crippen molar-refractivity contribution in [2.45, 2.75) is 34.1 Å². The minimum atomic E-state index is -0.833. The zero-order valence-corrected chi connectivity index (χ0v) is 18.4. The maximum absolute atomic E-state index is 9.00. The molecule has 0 saturated heterocycles. The summed E-state index contributed by atoms with van der Waals surface area (Å²) in [4.78, 5) is 27.0. The topological polar surface area (TPSA) is 112 Å². The molecule has 8 heteroatoms. The van der Waals surface area contributed by atoms with Gasteiger partial charge >= 0.3 is 80.1 Å². The summed E-state index contributed by atoms with van der Waals surface area (Å²) in [7, 11) is 0. The number of carboxylic acids is 3. The molecule has 1 rings (SSSR count). The second-order valence-electron chi connectivity index (χ2n) is 3.66. The Labute approximate surface area is 148 Å². The normalized spacial score (nSPS) is 7.86. The van der Waals surface area contributed by atoms with Gasteiger partial charge in [0.05, 0.1) is 0 Å². The first-order chi connectivity index (χ1) is 10.1. The molecule has 0 spiro atoms. The van der Waals surface area contributed by atoms with Gasteiger partial charge in [0.2, 0.25) is 0 Å². The SMILES string of the molecule is CC(=O)O.CC(=O)O.CC(=O)O.CCc1cccc[c]1[Pb][Br]. The fourth-order valence-corrected chi connectivity index (χ4v) is 6.42. The van der Waals surface area contributed by atoms with Crippen LogP contribution >= 0.6 is 12.0 Å². The van der Waals surface area contributed by atoms with E-state index in [9.17, 15) is 0 Å². The first-order valence-electron chi connectivity index (χ1n) is 6.11. The molecule has 0 bridgehead atoms. The van der Waals surface area contributed by atoms with Crippen LogP contribution in [0.5, 0.6) is 0 Å². The van der Waals surface area contributed by atoms with E-state index in [1.807, 2.05) is 0 Å². The van der Waals surface area contributed by atoms with Gasteiger partial charge in [0.25, 0.3) is 17.9 Å².